The van der Waals surface area contributed by atoms with E-state index in [-0.39, 0.29) is 63.2 Å². The second-order valence-corrected chi connectivity index (χ2v) is 17.7. The number of hydrogen-bond donors (Lipinski definition) is 6. The lowest BCUT2D eigenvalue weighted by atomic mass is 10.0. The van der Waals surface area contributed by atoms with Crippen molar-refractivity contribution < 1.29 is 61.4 Å². The van der Waals surface area contributed by atoms with Gasteiger partial charge >= 0.3 is 25.4 Å². The SMILES string of the molecule is CCNc1nc(Cl)nc(NC(C)(C)C)n1.CCOc1cc(Oc2ccc(C(F)(F)F)cc2Cl)ccc1[N+](=O)[O-].CCc1cccc(C)c1N(C(=O)CCl)C(C)COC.O=C(O)CNCP(=O)(O)O. The van der Waals surface area contributed by atoms with Gasteiger partial charge < -0.3 is 44.6 Å². The van der Waals surface area contributed by atoms with Gasteiger partial charge in [0.2, 0.25) is 28.8 Å². The summed E-state index contributed by atoms with van der Waals surface area (Å²) in [4.78, 5) is 62.5. The van der Waals surface area contributed by atoms with E-state index in [1.807, 2.05) is 53.7 Å². The van der Waals surface area contributed by atoms with Gasteiger partial charge in [-0.15, -0.1) is 11.6 Å². The Kier molecular flexibility index (Phi) is 26.1. The number of nitrogens with one attached hydrogen (secondary N) is 3. The van der Waals surface area contributed by atoms with E-state index in [1.165, 1.54) is 18.2 Å². The quantitative estimate of drug-likeness (QED) is 0.0234. The Morgan fingerprint density at radius 3 is 2.13 bits per heavy atom. The molecule has 1 amide bonds. The average Bonchev–Trinajstić information content (AvgIpc) is 3.21. The van der Waals surface area contributed by atoms with Crippen molar-refractivity contribution in [3.8, 4) is 17.2 Å². The Morgan fingerprint density at radius 2 is 1.63 bits per heavy atom. The van der Waals surface area contributed by atoms with Crippen molar-refractivity contribution in [1.29, 1.82) is 0 Å². The number of ether oxygens (including phenoxy) is 3. The number of aromatic nitrogens is 3. The van der Waals surface area contributed by atoms with Gasteiger partial charge in [-0.2, -0.15) is 28.1 Å². The minimum absolute atomic E-state index is 0.0111. The van der Waals surface area contributed by atoms with Crippen LogP contribution in [0.2, 0.25) is 10.3 Å². The van der Waals surface area contributed by atoms with E-state index in [2.05, 4.69) is 43.9 Å². The van der Waals surface area contributed by atoms with Gasteiger partial charge in [0.25, 0.3) is 0 Å². The lowest BCUT2D eigenvalue weighted by molar-refractivity contribution is -0.385. The summed E-state index contributed by atoms with van der Waals surface area (Å²) < 4.78 is 63.6. The molecule has 0 bridgehead atoms. The molecule has 1 atom stereocenters. The zero-order valence-corrected chi connectivity index (χ0v) is 41.9. The number of carbonyl (C=O) groups excluding carboxylic acids is 1. The second kappa shape index (κ2) is 29.1. The molecular weight excluding hydrogens is 987 g/mol. The van der Waals surface area contributed by atoms with Gasteiger partial charge in [-0.25, -0.2) is 0 Å². The van der Waals surface area contributed by atoms with E-state index in [0.29, 0.717) is 18.5 Å². The highest BCUT2D eigenvalue weighted by Crippen LogP contribution is 2.39. The predicted octanol–water partition coefficient (Wildman–Crippen LogP) is 9.59. The third kappa shape index (κ3) is 22.8. The second-order valence-electron chi connectivity index (χ2n) is 15.0. The standard InChI is InChI=1S/C15H11ClF3NO4.C15H22ClNO2.C9H16ClN5.C3H8NO5P/c1-2-23-14-8-10(4-5-12(14)20(21)22)24-13-6-3-9(7-11(13)16)15(17,18)19;1-5-13-8-6-7-11(2)15(13)17(14(18)9-16)12(3)10-19-4;1-5-11-7-12-6(10)13-8(14-7)15-9(2,3)4;5-3(6)1-4-2-10(7,8)9/h3-8H,2H2,1H3;6-8,12H,5,9-10H2,1-4H3;5H2,1-4H3,(H2,11,12,13,14,15);4H,1-2H2,(H,5,6)(H2,7,8,9). The van der Waals surface area contributed by atoms with Gasteiger partial charge in [-0.1, -0.05) is 36.7 Å². The normalized spacial score (nSPS) is 11.5. The molecule has 0 saturated carbocycles. The first-order chi connectivity index (χ1) is 31.6. The monoisotopic (exact) mass is 1040 g/mol. The number of halogens is 6. The van der Waals surface area contributed by atoms with Crippen LogP contribution in [0.15, 0.2) is 54.6 Å². The molecule has 3 aromatic carbocycles. The summed E-state index contributed by atoms with van der Waals surface area (Å²) in [5.74, 6) is -0.160. The summed E-state index contributed by atoms with van der Waals surface area (Å²) in [5.41, 5.74) is 1.96. The summed E-state index contributed by atoms with van der Waals surface area (Å²) in [6.45, 7) is 16.8. The number of aliphatic carboxylic acids is 1. The predicted molar refractivity (Wildman–Crippen MR) is 256 cm³/mol. The fourth-order valence-electron chi connectivity index (χ4n) is 5.47. The van der Waals surface area contributed by atoms with Crippen molar-refractivity contribution in [2.75, 3.05) is 61.1 Å². The first-order valence-corrected chi connectivity index (χ1v) is 23.5. The molecule has 1 aromatic heterocycles. The number of carbonyl (C=O) groups is 2. The third-order valence-electron chi connectivity index (χ3n) is 8.11. The van der Waals surface area contributed by atoms with E-state index in [1.54, 1.807) is 18.9 Å². The lowest BCUT2D eigenvalue weighted by Gasteiger charge is -2.31. The number of amides is 1. The Labute approximate surface area is 407 Å². The Bertz CT molecular complexity index is 2310. The molecule has 68 heavy (non-hydrogen) atoms. The molecule has 19 nitrogen and oxygen atoms in total. The summed E-state index contributed by atoms with van der Waals surface area (Å²) in [5, 5.41) is 27.0. The topological polar surface area (TPSA) is 261 Å². The minimum Gasteiger partial charge on any atom is -0.487 e. The maximum absolute atomic E-state index is 12.6. The summed E-state index contributed by atoms with van der Waals surface area (Å²) in [6, 6.07) is 12.4. The number of hydrogen-bond acceptors (Lipinski definition) is 14. The van der Waals surface area contributed by atoms with Crippen molar-refractivity contribution in [1.82, 2.24) is 20.3 Å². The molecule has 1 unspecified atom stereocenters. The van der Waals surface area contributed by atoms with Crippen LogP contribution in [0.25, 0.3) is 0 Å². The van der Waals surface area contributed by atoms with Crippen LogP contribution < -0.4 is 30.3 Å². The molecule has 0 saturated heterocycles. The van der Waals surface area contributed by atoms with E-state index < -0.39 is 43.1 Å². The van der Waals surface area contributed by atoms with Gasteiger partial charge in [-0.3, -0.25) is 29.6 Å². The van der Waals surface area contributed by atoms with E-state index >= 15 is 0 Å². The molecule has 0 radical (unpaired) electrons. The van der Waals surface area contributed by atoms with Crippen LogP contribution in [-0.4, -0.2) is 104 Å². The van der Waals surface area contributed by atoms with Gasteiger partial charge in [0, 0.05) is 31.3 Å². The molecule has 0 aliphatic rings. The van der Waals surface area contributed by atoms with Crippen molar-refractivity contribution in [3.63, 3.8) is 0 Å². The number of aryl methyl sites for hydroxylation is 2. The Balaban J connectivity index is 0.000000474. The number of nitro benzene ring substituents is 1. The van der Waals surface area contributed by atoms with Gasteiger partial charge in [0.1, 0.15) is 17.4 Å². The van der Waals surface area contributed by atoms with Gasteiger partial charge in [0.15, 0.2) is 0 Å². The van der Waals surface area contributed by atoms with E-state index in [9.17, 15) is 37.4 Å². The van der Waals surface area contributed by atoms with Crippen LogP contribution in [0.3, 0.4) is 0 Å². The van der Waals surface area contributed by atoms with Gasteiger partial charge in [0.05, 0.1) is 53.3 Å². The van der Waals surface area contributed by atoms with Crippen LogP contribution >= 0.6 is 42.4 Å². The molecule has 4 rings (SSSR count). The Morgan fingerprint density at radius 1 is 0.985 bits per heavy atom. The van der Waals surface area contributed by atoms with Crippen molar-refractivity contribution in [2.45, 2.75) is 79.6 Å². The molecule has 0 spiro atoms. The Hall–Kier alpha value is -5.06. The van der Waals surface area contributed by atoms with Gasteiger partial charge in [-0.05, 0) is 102 Å². The largest absolute Gasteiger partial charge is 0.487 e. The summed E-state index contributed by atoms with van der Waals surface area (Å²) in [7, 11) is -2.46. The summed E-state index contributed by atoms with van der Waals surface area (Å²) in [6.07, 6.45) is -4.24. The maximum atomic E-state index is 12.6. The first-order valence-electron chi connectivity index (χ1n) is 20.4. The minimum atomic E-state index is -4.52. The molecule has 378 valence electrons. The zero-order chi connectivity index (χ0) is 52.0. The molecule has 0 fully saturated rings. The first kappa shape index (κ1) is 61.0. The highest BCUT2D eigenvalue weighted by molar-refractivity contribution is 7.51. The smallest absolute Gasteiger partial charge is 0.416 e. The van der Waals surface area contributed by atoms with Crippen LogP contribution in [0.1, 0.15) is 65.2 Å². The van der Waals surface area contributed by atoms with Crippen LogP contribution in [0, 0.1) is 17.0 Å². The fraction of sp³-hybridized carbons (Fsp3) is 0.452. The van der Waals surface area contributed by atoms with Crippen molar-refractivity contribution in [2.24, 2.45) is 0 Å². The van der Waals surface area contributed by atoms with Crippen LogP contribution in [-0.2, 0) is 31.5 Å². The fourth-order valence-corrected chi connectivity index (χ4v) is 6.39. The number of para-hydroxylation sites is 1. The van der Waals surface area contributed by atoms with E-state index in [4.69, 9.17) is 63.9 Å². The summed E-state index contributed by atoms with van der Waals surface area (Å²) >= 11 is 17.3. The number of methoxy groups -OCH3 is 1. The third-order valence-corrected chi connectivity index (χ3v) is 9.44. The number of nitrogens with zero attached hydrogens (tertiary/aromatic N) is 5. The molecule has 1 heterocycles. The number of alkyl halides is 4. The molecular formula is C42H57Cl3F3N8O11P. The molecule has 4 aromatic rings. The van der Waals surface area contributed by atoms with Crippen molar-refractivity contribution in [3.05, 3.63) is 91.7 Å². The lowest BCUT2D eigenvalue weighted by Crippen LogP contribution is -2.43. The molecule has 0 aliphatic heterocycles. The van der Waals surface area contributed by atoms with Crippen molar-refractivity contribution >= 4 is 77.5 Å². The zero-order valence-electron chi connectivity index (χ0n) is 38.8. The van der Waals surface area contributed by atoms with E-state index in [0.717, 1.165) is 48.0 Å². The average molecular weight is 1040 g/mol. The number of carboxylic acid groups (broad SMARTS) is 1. The highest BCUT2D eigenvalue weighted by atomic mass is 35.5. The molecule has 0 aliphatic carbocycles. The number of rotatable bonds is 18. The van der Waals surface area contributed by atoms with Crippen LogP contribution in [0.5, 0.6) is 17.2 Å². The maximum Gasteiger partial charge on any atom is 0.416 e. The van der Waals surface area contributed by atoms with Crippen LogP contribution in [0.4, 0.5) is 36.4 Å². The number of anilines is 3. The number of nitro groups is 1. The highest BCUT2D eigenvalue weighted by Gasteiger charge is 2.31. The number of benzene rings is 3. The number of carboxylic acids is 1. The molecule has 6 N–H and O–H groups in total. The molecule has 26 heteroatoms.